The van der Waals surface area contributed by atoms with Gasteiger partial charge in [0.1, 0.15) is 11.2 Å². The number of benzene rings is 1. The number of nitrogens with one attached hydrogen (secondary N) is 1. The van der Waals surface area contributed by atoms with Crippen molar-refractivity contribution in [2.24, 2.45) is 0 Å². The monoisotopic (exact) mass is 283 g/mol. The number of ether oxygens (including phenoxy) is 2. The second-order valence-electron chi connectivity index (χ2n) is 5.84. The first-order valence-corrected chi connectivity index (χ1v) is 6.51. The summed E-state index contributed by atoms with van der Waals surface area (Å²) < 4.78 is 10.6. The largest absolute Gasteiger partial charge is 0.444 e. The van der Waals surface area contributed by atoms with Crippen LogP contribution < -0.4 is 5.32 Å². The van der Waals surface area contributed by atoms with Crippen molar-refractivity contribution in [2.75, 3.05) is 11.9 Å². The summed E-state index contributed by atoms with van der Waals surface area (Å²) in [5.74, 6) is 0. The zero-order chi connectivity index (χ0) is 14.3. The molecule has 0 aliphatic carbocycles. The fourth-order valence-electron chi connectivity index (χ4n) is 1.64. The zero-order valence-electron chi connectivity index (χ0n) is 11.5. The lowest BCUT2D eigenvalue weighted by atomic mass is 10.0. The Labute approximate surface area is 118 Å². The maximum absolute atomic E-state index is 11.7. The maximum atomic E-state index is 11.7. The van der Waals surface area contributed by atoms with Crippen LogP contribution in [-0.2, 0) is 15.1 Å². The minimum atomic E-state index is -0.542. The van der Waals surface area contributed by atoms with Crippen LogP contribution in [0, 0.1) is 0 Å². The summed E-state index contributed by atoms with van der Waals surface area (Å²) in [6, 6.07) is 5.46. The summed E-state index contributed by atoms with van der Waals surface area (Å²) in [4.78, 5) is 11.7. The molecule has 19 heavy (non-hydrogen) atoms. The molecular formula is C14H18ClNO3. The molecular weight excluding hydrogens is 266 g/mol. The van der Waals surface area contributed by atoms with Gasteiger partial charge in [-0.1, -0.05) is 17.7 Å². The molecule has 0 saturated carbocycles. The number of epoxide rings is 1. The second-order valence-corrected chi connectivity index (χ2v) is 6.25. The summed E-state index contributed by atoms with van der Waals surface area (Å²) in [6.45, 7) is 8.10. The van der Waals surface area contributed by atoms with E-state index in [0.29, 0.717) is 17.3 Å². The van der Waals surface area contributed by atoms with Crippen molar-refractivity contribution in [1.82, 2.24) is 0 Å². The molecule has 1 amide bonds. The van der Waals surface area contributed by atoms with Gasteiger partial charge in [-0.3, -0.25) is 5.32 Å². The Hall–Kier alpha value is -1.26. The minimum absolute atomic E-state index is 0.255. The number of halogens is 1. The SMILES string of the molecule is CC(C)(C)OC(=O)Nc1cc(C2(C)CO2)ccc1Cl. The molecule has 0 bridgehead atoms. The predicted octanol–water partition coefficient (Wildman–Crippen LogP) is 3.93. The smallest absolute Gasteiger partial charge is 0.412 e. The molecule has 1 N–H and O–H groups in total. The highest BCUT2D eigenvalue weighted by atomic mass is 35.5. The first kappa shape index (κ1) is 14.2. The Kier molecular flexibility index (Phi) is 3.49. The minimum Gasteiger partial charge on any atom is -0.444 e. The number of hydrogen-bond acceptors (Lipinski definition) is 3. The number of carbonyl (C=O) groups is 1. The molecule has 1 aromatic rings. The van der Waals surface area contributed by atoms with E-state index in [1.165, 1.54) is 0 Å². The number of carbonyl (C=O) groups excluding carboxylic acids is 1. The fraction of sp³-hybridized carbons (Fsp3) is 0.500. The first-order chi connectivity index (χ1) is 8.70. The van der Waals surface area contributed by atoms with Crippen molar-refractivity contribution in [3.05, 3.63) is 28.8 Å². The first-order valence-electron chi connectivity index (χ1n) is 6.14. The van der Waals surface area contributed by atoms with Crippen molar-refractivity contribution >= 4 is 23.4 Å². The molecule has 104 valence electrons. The van der Waals surface area contributed by atoms with E-state index in [9.17, 15) is 4.79 Å². The highest BCUT2D eigenvalue weighted by Gasteiger charge is 2.41. The molecule has 0 aromatic heterocycles. The normalized spacial score (nSPS) is 21.9. The molecule has 1 aliphatic rings. The Morgan fingerprint density at radius 1 is 1.47 bits per heavy atom. The average molecular weight is 284 g/mol. The van der Waals surface area contributed by atoms with Crippen LogP contribution in [-0.4, -0.2) is 18.3 Å². The number of hydrogen-bond donors (Lipinski definition) is 1. The Morgan fingerprint density at radius 2 is 2.11 bits per heavy atom. The second kappa shape index (κ2) is 4.69. The van der Waals surface area contributed by atoms with Gasteiger partial charge in [-0.25, -0.2) is 4.79 Å². The Morgan fingerprint density at radius 3 is 2.63 bits per heavy atom. The van der Waals surface area contributed by atoms with Crippen LogP contribution in [0.3, 0.4) is 0 Å². The van der Waals surface area contributed by atoms with Crippen molar-refractivity contribution in [3.8, 4) is 0 Å². The third kappa shape index (κ3) is 3.61. The van der Waals surface area contributed by atoms with Gasteiger partial charge in [0.15, 0.2) is 0 Å². The highest BCUT2D eigenvalue weighted by molar-refractivity contribution is 6.33. The van der Waals surface area contributed by atoms with E-state index in [0.717, 1.165) is 5.56 Å². The number of rotatable bonds is 2. The van der Waals surface area contributed by atoms with E-state index < -0.39 is 11.7 Å². The average Bonchev–Trinajstić information content (AvgIpc) is 2.98. The summed E-state index contributed by atoms with van der Waals surface area (Å²) >= 11 is 6.07. The van der Waals surface area contributed by atoms with Crippen LogP contribution in [0.4, 0.5) is 10.5 Å². The molecule has 0 radical (unpaired) electrons. The zero-order valence-corrected chi connectivity index (χ0v) is 12.3. The molecule has 5 heteroatoms. The van der Waals surface area contributed by atoms with E-state index >= 15 is 0 Å². The molecule has 1 saturated heterocycles. The van der Waals surface area contributed by atoms with Gasteiger partial charge in [0.2, 0.25) is 0 Å². The van der Waals surface area contributed by atoms with Gasteiger partial charge in [0.05, 0.1) is 17.3 Å². The molecule has 1 unspecified atom stereocenters. The van der Waals surface area contributed by atoms with E-state index in [-0.39, 0.29) is 5.60 Å². The molecule has 0 spiro atoms. The lowest BCUT2D eigenvalue weighted by Crippen LogP contribution is -2.27. The molecule has 4 nitrogen and oxygen atoms in total. The lowest BCUT2D eigenvalue weighted by molar-refractivity contribution is 0.0636. The van der Waals surface area contributed by atoms with Crippen LogP contribution in [0.1, 0.15) is 33.3 Å². The van der Waals surface area contributed by atoms with E-state index in [1.54, 1.807) is 6.07 Å². The molecule has 1 heterocycles. The van der Waals surface area contributed by atoms with Gasteiger partial charge >= 0.3 is 6.09 Å². The van der Waals surface area contributed by atoms with E-state index in [4.69, 9.17) is 21.1 Å². The third-order valence-corrected chi connectivity index (χ3v) is 3.12. The summed E-state index contributed by atoms with van der Waals surface area (Å²) in [6.07, 6.45) is -0.520. The summed E-state index contributed by atoms with van der Waals surface area (Å²) in [7, 11) is 0. The van der Waals surface area contributed by atoms with Crippen molar-refractivity contribution in [2.45, 2.75) is 38.9 Å². The third-order valence-electron chi connectivity index (χ3n) is 2.79. The maximum Gasteiger partial charge on any atom is 0.412 e. The van der Waals surface area contributed by atoms with Crippen molar-refractivity contribution in [3.63, 3.8) is 0 Å². The van der Waals surface area contributed by atoms with Gasteiger partial charge in [0, 0.05) is 0 Å². The van der Waals surface area contributed by atoms with Crippen molar-refractivity contribution < 1.29 is 14.3 Å². The Balaban J connectivity index is 2.13. The van der Waals surface area contributed by atoms with Crippen LogP contribution in [0.2, 0.25) is 5.02 Å². The Bertz CT molecular complexity index is 504. The van der Waals surface area contributed by atoms with Crippen LogP contribution >= 0.6 is 11.6 Å². The quantitative estimate of drug-likeness (QED) is 0.837. The van der Waals surface area contributed by atoms with Gasteiger partial charge in [0.25, 0.3) is 0 Å². The van der Waals surface area contributed by atoms with Crippen molar-refractivity contribution in [1.29, 1.82) is 0 Å². The summed E-state index contributed by atoms with van der Waals surface area (Å²) in [5, 5.41) is 3.13. The van der Waals surface area contributed by atoms with E-state index in [2.05, 4.69) is 5.32 Å². The predicted molar refractivity (Wildman–Crippen MR) is 74.6 cm³/mol. The van der Waals surface area contributed by atoms with E-state index in [1.807, 2.05) is 39.8 Å². The van der Waals surface area contributed by atoms with Gasteiger partial charge in [-0.2, -0.15) is 0 Å². The van der Waals surface area contributed by atoms with Crippen LogP contribution in [0.25, 0.3) is 0 Å². The van der Waals surface area contributed by atoms with Crippen LogP contribution in [0.5, 0.6) is 0 Å². The molecule has 1 atom stereocenters. The molecule has 1 aromatic carbocycles. The molecule has 2 rings (SSSR count). The topological polar surface area (TPSA) is 50.9 Å². The van der Waals surface area contributed by atoms with Gasteiger partial charge < -0.3 is 9.47 Å². The standard InChI is InChI=1S/C14H18ClNO3/c1-13(2,3)19-12(17)16-11-7-9(5-6-10(11)15)14(4)8-18-14/h5-7H,8H2,1-4H3,(H,16,17). The molecule has 1 fully saturated rings. The van der Waals surface area contributed by atoms with Gasteiger partial charge in [-0.15, -0.1) is 0 Å². The summed E-state index contributed by atoms with van der Waals surface area (Å²) in [5.41, 5.74) is 0.724. The fourth-order valence-corrected chi connectivity index (χ4v) is 1.80. The molecule has 1 aliphatic heterocycles. The van der Waals surface area contributed by atoms with Gasteiger partial charge in [-0.05, 0) is 45.4 Å². The lowest BCUT2D eigenvalue weighted by Gasteiger charge is -2.20. The number of amides is 1. The highest BCUT2D eigenvalue weighted by Crippen LogP contribution is 2.40. The van der Waals surface area contributed by atoms with Crippen LogP contribution in [0.15, 0.2) is 18.2 Å². The number of anilines is 1.